The number of halogens is 1. The van der Waals surface area contributed by atoms with Crippen molar-refractivity contribution < 1.29 is 9.53 Å². The molecular weight excluding hydrogens is 392 g/mol. The average Bonchev–Trinajstić information content (AvgIpc) is 2.58. The first-order chi connectivity index (χ1) is 12.3. The first-order valence-electron chi connectivity index (χ1n) is 8.27. The first-order valence-corrected chi connectivity index (χ1v) is 9.06. The molecule has 0 aliphatic rings. The minimum atomic E-state index is -0.448. The summed E-state index contributed by atoms with van der Waals surface area (Å²) in [4.78, 5) is 12.6. The van der Waals surface area contributed by atoms with Crippen molar-refractivity contribution in [3.63, 3.8) is 0 Å². The third-order valence-corrected chi connectivity index (χ3v) is 4.35. The molecule has 0 bridgehead atoms. The van der Waals surface area contributed by atoms with Crippen LogP contribution in [0.5, 0.6) is 5.75 Å². The van der Waals surface area contributed by atoms with Crippen molar-refractivity contribution in [2.24, 2.45) is 0 Å². The maximum Gasteiger partial charge on any atom is 0.266 e. The molecule has 2 aromatic rings. The third kappa shape index (κ3) is 4.96. The van der Waals surface area contributed by atoms with Gasteiger partial charge in [0.2, 0.25) is 0 Å². The number of nitrogens with zero attached hydrogens (tertiary/aromatic N) is 1. The Morgan fingerprint density at radius 2 is 2.00 bits per heavy atom. The maximum atomic E-state index is 12.6. The second-order valence-corrected chi connectivity index (χ2v) is 7.14. The summed E-state index contributed by atoms with van der Waals surface area (Å²) in [5, 5.41) is 12.3. The Balaban J connectivity index is 2.36. The van der Waals surface area contributed by atoms with Gasteiger partial charge in [0, 0.05) is 15.7 Å². The van der Waals surface area contributed by atoms with Crippen molar-refractivity contribution in [3.8, 4) is 11.8 Å². The summed E-state index contributed by atoms with van der Waals surface area (Å²) in [6, 6.07) is 13.1. The average molecular weight is 413 g/mol. The molecule has 0 aliphatic carbocycles. The number of carbonyl (C=O) groups is 1. The number of benzene rings is 2. The largest absolute Gasteiger partial charge is 0.490 e. The molecule has 2 aromatic carbocycles. The summed E-state index contributed by atoms with van der Waals surface area (Å²) < 4.78 is 6.61. The molecule has 4 nitrogen and oxygen atoms in total. The highest BCUT2D eigenvalue weighted by molar-refractivity contribution is 9.10. The number of hydrogen-bond donors (Lipinski definition) is 1. The van der Waals surface area contributed by atoms with Gasteiger partial charge >= 0.3 is 0 Å². The van der Waals surface area contributed by atoms with E-state index in [9.17, 15) is 10.1 Å². The van der Waals surface area contributed by atoms with E-state index < -0.39 is 5.91 Å². The van der Waals surface area contributed by atoms with Gasteiger partial charge in [0.05, 0.1) is 6.10 Å². The van der Waals surface area contributed by atoms with E-state index >= 15 is 0 Å². The van der Waals surface area contributed by atoms with Gasteiger partial charge in [0.25, 0.3) is 5.91 Å². The summed E-state index contributed by atoms with van der Waals surface area (Å²) in [6.07, 6.45) is 1.53. The van der Waals surface area contributed by atoms with Crippen molar-refractivity contribution in [1.82, 2.24) is 0 Å². The molecule has 0 saturated carbocycles. The van der Waals surface area contributed by atoms with E-state index in [0.29, 0.717) is 17.0 Å². The lowest BCUT2D eigenvalue weighted by Gasteiger charge is -2.13. The van der Waals surface area contributed by atoms with Gasteiger partial charge in [0.15, 0.2) is 0 Å². The highest BCUT2D eigenvalue weighted by Crippen LogP contribution is 2.27. The molecule has 5 heteroatoms. The summed E-state index contributed by atoms with van der Waals surface area (Å²) in [6.45, 7) is 7.76. The number of amides is 1. The van der Waals surface area contributed by atoms with Crippen molar-refractivity contribution in [1.29, 1.82) is 5.26 Å². The molecule has 0 radical (unpaired) electrons. The quantitative estimate of drug-likeness (QED) is 0.528. The number of nitriles is 1. The van der Waals surface area contributed by atoms with Crippen LogP contribution in [0, 0.1) is 25.2 Å². The van der Waals surface area contributed by atoms with Crippen molar-refractivity contribution >= 4 is 33.6 Å². The fourth-order valence-electron chi connectivity index (χ4n) is 2.37. The molecule has 1 amide bonds. The lowest BCUT2D eigenvalue weighted by atomic mass is 10.1. The van der Waals surface area contributed by atoms with E-state index in [4.69, 9.17) is 4.74 Å². The Kier molecular flexibility index (Phi) is 6.59. The van der Waals surface area contributed by atoms with Crippen LogP contribution in [0.4, 0.5) is 5.69 Å². The van der Waals surface area contributed by atoms with Crippen LogP contribution in [0.3, 0.4) is 0 Å². The number of aryl methyl sites for hydroxylation is 1. The van der Waals surface area contributed by atoms with Gasteiger partial charge in [0.1, 0.15) is 17.4 Å². The lowest BCUT2D eigenvalue weighted by molar-refractivity contribution is -0.112. The Morgan fingerprint density at radius 1 is 1.27 bits per heavy atom. The molecular formula is C21H21BrN2O2. The molecule has 0 fully saturated rings. The van der Waals surface area contributed by atoms with Crippen LogP contribution in [-0.2, 0) is 4.79 Å². The molecule has 0 spiro atoms. The second kappa shape index (κ2) is 8.68. The molecule has 0 saturated heterocycles. The van der Waals surface area contributed by atoms with Crippen LogP contribution in [0.25, 0.3) is 6.08 Å². The summed E-state index contributed by atoms with van der Waals surface area (Å²) in [7, 11) is 0. The van der Waals surface area contributed by atoms with Gasteiger partial charge < -0.3 is 10.1 Å². The van der Waals surface area contributed by atoms with Gasteiger partial charge in [-0.3, -0.25) is 4.79 Å². The standard InChI is InChI=1S/C21H21BrN2O2/c1-13(2)26-20-9-8-18(22)11-16(20)10-17(12-23)21(25)24-19-7-5-6-14(3)15(19)4/h5-11,13H,1-4H3,(H,24,25)/b17-10+. The Bertz CT molecular complexity index is 895. The van der Waals surface area contributed by atoms with Crippen LogP contribution >= 0.6 is 15.9 Å². The zero-order chi connectivity index (χ0) is 19.3. The smallest absolute Gasteiger partial charge is 0.266 e. The van der Waals surface area contributed by atoms with Gasteiger partial charge in [-0.15, -0.1) is 0 Å². The van der Waals surface area contributed by atoms with Crippen LogP contribution in [-0.4, -0.2) is 12.0 Å². The number of ether oxygens (including phenoxy) is 1. The van der Waals surface area contributed by atoms with Crippen LogP contribution in [0.2, 0.25) is 0 Å². The van der Waals surface area contributed by atoms with E-state index in [1.807, 2.05) is 70.2 Å². The zero-order valence-electron chi connectivity index (χ0n) is 15.3. The molecule has 2 rings (SSSR count). The first kappa shape index (κ1) is 19.7. The lowest BCUT2D eigenvalue weighted by Crippen LogP contribution is -2.14. The number of anilines is 1. The molecule has 1 N–H and O–H groups in total. The summed E-state index contributed by atoms with van der Waals surface area (Å²) in [5.41, 5.74) is 3.43. The van der Waals surface area contributed by atoms with Gasteiger partial charge in [-0.2, -0.15) is 5.26 Å². The van der Waals surface area contributed by atoms with E-state index in [1.165, 1.54) is 0 Å². The Labute approximate surface area is 162 Å². The third-order valence-electron chi connectivity index (χ3n) is 3.85. The Hall–Kier alpha value is -2.58. The van der Waals surface area contributed by atoms with Crippen LogP contribution < -0.4 is 10.1 Å². The predicted molar refractivity (Wildman–Crippen MR) is 108 cm³/mol. The van der Waals surface area contributed by atoms with Crippen molar-refractivity contribution in [2.45, 2.75) is 33.8 Å². The number of hydrogen-bond acceptors (Lipinski definition) is 3. The normalized spacial score (nSPS) is 11.2. The molecule has 0 heterocycles. The number of nitrogens with one attached hydrogen (secondary N) is 1. The highest BCUT2D eigenvalue weighted by Gasteiger charge is 2.13. The fraction of sp³-hybridized carbons (Fsp3) is 0.238. The molecule has 0 unspecified atom stereocenters. The predicted octanol–water partition coefficient (Wildman–Crippen LogP) is 5.40. The zero-order valence-corrected chi connectivity index (χ0v) is 16.8. The monoisotopic (exact) mass is 412 g/mol. The van der Waals surface area contributed by atoms with Gasteiger partial charge in [-0.1, -0.05) is 28.1 Å². The maximum absolute atomic E-state index is 12.6. The van der Waals surface area contributed by atoms with Crippen molar-refractivity contribution in [3.05, 3.63) is 63.1 Å². The van der Waals surface area contributed by atoms with Gasteiger partial charge in [-0.05, 0) is 69.2 Å². The Morgan fingerprint density at radius 3 is 2.65 bits per heavy atom. The number of rotatable bonds is 5. The van der Waals surface area contributed by atoms with E-state index in [0.717, 1.165) is 15.6 Å². The SMILES string of the molecule is Cc1cccc(NC(=O)/C(C#N)=C/c2cc(Br)ccc2OC(C)C)c1C. The van der Waals surface area contributed by atoms with E-state index in [1.54, 1.807) is 6.08 Å². The molecule has 0 atom stereocenters. The van der Waals surface area contributed by atoms with Crippen molar-refractivity contribution in [2.75, 3.05) is 5.32 Å². The highest BCUT2D eigenvalue weighted by atomic mass is 79.9. The summed E-state index contributed by atoms with van der Waals surface area (Å²) in [5.74, 6) is 0.173. The van der Waals surface area contributed by atoms with E-state index in [-0.39, 0.29) is 11.7 Å². The molecule has 26 heavy (non-hydrogen) atoms. The minimum absolute atomic E-state index is 0.0117. The fourth-order valence-corrected chi connectivity index (χ4v) is 2.75. The summed E-state index contributed by atoms with van der Waals surface area (Å²) >= 11 is 3.41. The van der Waals surface area contributed by atoms with Crippen LogP contribution in [0.1, 0.15) is 30.5 Å². The van der Waals surface area contributed by atoms with Gasteiger partial charge in [-0.25, -0.2) is 0 Å². The molecule has 134 valence electrons. The minimum Gasteiger partial charge on any atom is -0.490 e. The number of carbonyl (C=O) groups excluding carboxylic acids is 1. The topological polar surface area (TPSA) is 62.1 Å². The van der Waals surface area contributed by atoms with E-state index in [2.05, 4.69) is 21.2 Å². The molecule has 0 aromatic heterocycles. The molecule has 0 aliphatic heterocycles. The second-order valence-electron chi connectivity index (χ2n) is 6.22. The van der Waals surface area contributed by atoms with Crippen LogP contribution in [0.15, 0.2) is 46.4 Å².